The van der Waals surface area contributed by atoms with Gasteiger partial charge in [-0.05, 0) is 92.8 Å². The zero-order chi connectivity index (χ0) is 36.3. The molecule has 0 aliphatic rings. The van der Waals surface area contributed by atoms with Crippen LogP contribution in [0.4, 0.5) is 17.1 Å². The van der Waals surface area contributed by atoms with Gasteiger partial charge in [-0.15, -0.1) is 0 Å². The predicted molar refractivity (Wildman–Crippen MR) is 227 cm³/mol. The Morgan fingerprint density at radius 3 is 1.85 bits per heavy atom. The first-order valence-corrected chi connectivity index (χ1v) is 18.5. The van der Waals surface area contributed by atoms with Crippen molar-refractivity contribution >= 4 is 71.6 Å². The van der Waals surface area contributed by atoms with Gasteiger partial charge < -0.3 is 13.7 Å². The van der Waals surface area contributed by atoms with Crippen LogP contribution in [0.15, 0.2) is 203 Å². The Morgan fingerprint density at radius 2 is 1.02 bits per heavy atom. The van der Waals surface area contributed by atoms with Crippen LogP contribution in [0.3, 0.4) is 0 Å². The van der Waals surface area contributed by atoms with Crippen LogP contribution in [0.25, 0.3) is 88.3 Å². The molecule has 9 aromatic carbocycles. The van der Waals surface area contributed by atoms with Crippen molar-refractivity contribution in [3.8, 4) is 33.7 Å². The Bertz CT molecular complexity index is 3200. The average molecular weight is 705 g/mol. The van der Waals surface area contributed by atoms with Crippen LogP contribution in [0.2, 0.25) is 0 Å². The van der Waals surface area contributed by atoms with E-state index in [1.165, 1.54) is 32.7 Å². The van der Waals surface area contributed by atoms with Gasteiger partial charge in [0.15, 0.2) is 5.58 Å². The minimum Gasteiger partial charge on any atom is -0.455 e. The Hall–Kier alpha value is -7.43. The molecule has 0 spiro atoms. The summed E-state index contributed by atoms with van der Waals surface area (Å²) in [6.45, 7) is 0. The molecule has 2 heterocycles. The molecule has 0 saturated heterocycles. The van der Waals surface area contributed by atoms with Gasteiger partial charge in [0.1, 0.15) is 16.7 Å². The lowest BCUT2D eigenvalue weighted by molar-refractivity contribution is 0.617. The van der Waals surface area contributed by atoms with Crippen molar-refractivity contribution in [3.05, 3.63) is 194 Å². The number of benzene rings is 9. The first-order valence-electron chi connectivity index (χ1n) is 18.5. The number of fused-ring (bicyclic) bond motifs is 7. The first kappa shape index (κ1) is 31.1. The zero-order valence-corrected chi connectivity index (χ0v) is 29.7. The number of hydrogen-bond acceptors (Lipinski definition) is 4. The van der Waals surface area contributed by atoms with Crippen LogP contribution >= 0.6 is 0 Å². The van der Waals surface area contributed by atoms with Gasteiger partial charge in [0.05, 0.1) is 0 Å². The molecule has 2 aromatic heterocycles. The molecule has 0 radical (unpaired) electrons. The molecular weight excluding hydrogens is 673 g/mol. The minimum absolute atomic E-state index is 0.603. The highest BCUT2D eigenvalue weighted by Gasteiger charge is 2.18. The van der Waals surface area contributed by atoms with E-state index >= 15 is 0 Å². The maximum Gasteiger partial charge on any atom is 0.227 e. The normalized spacial score (nSPS) is 11.6. The number of aromatic nitrogens is 1. The van der Waals surface area contributed by atoms with E-state index in [1.807, 2.05) is 36.4 Å². The van der Waals surface area contributed by atoms with Crippen molar-refractivity contribution in [2.24, 2.45) is 0 Å². The summed E-state index contributed by atoms with van der Waals surface area (Å²) in [5.41, 5.74) is 11.8. The number of rotatable bonds is 6. The zero-order valence-electron chi connectivity index (χ0n) is 29.7. The molecular formula is C51H32N2O2. The number of para-hydroxylation sites is 1. The Labute approximate surface area is 317 Å². The van der Waals surface area contributed by atoms with Crippen LogP contribution in [-0.2, 0) is 0 Å². The Kier molecular flexibility index (Phi) is 7.14. The summed E-state index contributed by atoms with van der Waals surface area (Å²) in [4.78, 5) is 7.17. The monoisotopic (exact) mass is 704 g/mol. The molecule has 0 bridgehead atoms. The first-order chi connectivity index (χ1) is 27.2. The summed E-state index contributed by atoms with van der Waals surface area (Å²) in [6.07, 6.45) is 0. The van der Waals surface area contributed by atoms with Crippen molar-refractivity contribution in [2.75, 3.05) is 4.90 Å². The van der Waals surface area contributed by atoms with Gasteiger partial charge in [-0.3, -0.25) is 0 Å². The standard InChI is InChI=1S/C51H32N2O2/c1-3-11-33(12-4-1)38-16-9-17-40(29-38)53(41-28-25-36-22-21-34-13-7-8-18-42(34)45(36)30-41)39-26-23-35(24-27-39)43-19-10-20-44-46-31-47-49(32-48(46)54-50(43)44)55-51(52-47)37-14-5-2-6-15-37/h1-32H. The molecule has 4 heteroatoms. The van der Waals surface area contributed by atoms with Gasteiger partial charge in [0.2, 0.25) is 5.89 Å². The van der Waals surface area contributed by atoms with Gasteiger partial charge in [0.25, 0.3) is 0 Å². The quantitative estimate of drug-likeness (QED) is 0.162. The van der Waals surface area contributed by atoms with Crippen LogP contribution in [-0.4, -0.2) is 4.98 Å². The summed E-state index contributed by atoms with van der Waals surface area (Å²) >= 11 is 0. The molecule has 11 rings (SSSR count). The lowest BCUT2D eigenvalue weighted by Crippen LogP contribution is -2.10. The average Bonchev–Trinajstić information content (AvgIpc) is 3.84. The highest BCUT2D eigenvalue weighted by Crippen LogP contribution is 2.42. The maximum atomic E-state index is 6.61. The summed E-state index contributed by atoms with van der Waals surface area (Å²) < 4.78 is 12.8. The fraction of sp³-hybridized carbons (Fsp3) is 0. The lowest BCUT2D eigenvalue weighted by Gasteiger charge is -2.27. The van der Waals surface area contributed by atoms with Gasteiger partial charge >= 0.3 is 0 Å². The highest BCUT2D eigenvalue weighted by atomic mass is 16.4. The van der Waals surface area contributed by atoms with E-state index in [4.69, 9.17) is 13.8 Å². The van der Waals surface area contributed by atoms with Gasteiger partial charge in [-0.25, -0.2) is 4.98 Å². The van der Waals surface area contributed by atoms with Crippen molar-refractivity contribution in [3.63, 3.8) is 0 Å². The molecule has 258 valence electrons. The number of oxazole rings is 1. The molecule has 0 fully saturated rings. The van der Waals surface area contributed by atoms with E-state index in [9.17, 15) is 0 Å². The number of furan rings is 1. The molecule has 0 aliphatic heterocycles. The second-order valence-electron chi connectivity index (χ2n) is 14.0. The van der Waals surface area contributed by atoms with Crippen LogP contribution in [0.5, 0.6) is 0 Å². The minimum atomic E-state index is 0.603. The third-order valence-corrected chi connectivity index (χ3v) is 10.7. The summed E-state index contributed by atoms with van der Waals surface area (Å²) in [6, 6.07) is 68.3. The van der Waals surface area contributed by atoms with E-state index in [0.717, 1.165) is 61.2 Å². The molecule has 0 N–H and O–H groups in total. The van der Waals surface area contributed by atoms with Crippen LogP contribution in [0.1, 0.15) is 0 Å². The van der Waals surface area contributed by atoms with Crippen molar-refractivity contribution in [2.45, 2.75) is 0 Å². The molecule has 55 heavy (non-hydrogen) atoms. The number of nitrogens with zero attached hydrogens (tertiary/aromatic N) is 2. The van der Waals surface area contributed by atoms with Crippen molar-refractivity contribution < 1.29 is 8.83 Å². The number of hydrogen-bond donors (Lipinski definition) is 0. The fourth-order valence-corrected chi connectivity index (χ4v) is 7.97. The smallest absolute Gasteiger partial charge is 0.227 e. The van der Waals surface area contributed by atoms with Crippen LogP contribution in [0, 0.1) is 0 Å². The maximum absolute atomic E-state index is 6.61. The van der Waals surface area contributed by atoms with Gasteiger partial charge in [-0.2, -0.15) is 0 Å². The highest BCUT2D eigenvalue weighted by molar-refractivity contribution is 6.13. The third kappa shape index (κ3) is 5.34. The van der Waals surface area contributed by atoms with Gasteiger partial charge in [0, 0.05) is 45.0 Å². The topological polar surface area (TPSA) is 42.4 Å². The molecule has 4 nitrogen and oxygen atoms in total. The second kappa shape index (κ2) is 12.6. The predicted octanol–water partition coefficient (Wildman–Crippen LogP) is 14.5. The third-order valence-electron chi connectivity index (χ3n) is 10.7. The fourth-order valence-electron chi connectivity index (χ4n) is 7.97. The molecule has 0 amide bonds. The SMILES string of the molecule is c1ccc(-c2cccc(N(c3ccc(-c4cccc5c4oc4cc6oc(-c7ccccc7)nc6cc45)cc3)c3ccc4ccc5ccccc5c4c3)c2)cc1. The summed E-state index contributed by atoms with van der Waals surface area (Å²) in [5, 5.41) is 6.99. The van der Waals surface area contributed by atoms with E-state index in [1.54, 1.807) is 0 Å². The van der Waals surface area contributed by atoms with Crippen LogP contribution < -0.4 is 4.90 Å². The van der Waals surface area contributed by atoms with E-state index in [0.29, 0.717) is 11.5 Å². The number of anilines is 3. The summed E-state index contributed by atoms with van der Waals surface area (Å²) in [5.74, 6) is 0.603. The summed E-state index contributed by atoms with van der Waals surface area (Å²) in [7, 11) is 0. The van der Waals surface area contributed by atoms with Gasteiger partial charge in [-0.1, -0.05) is 133 Å². The van der Waals surface area contributed by atoms with Crippen molar-refractivity contribution in [1.82, 2.24) is 4.98 Å². The largest absolute Gasteiger partial charge is 0.455 e. The molecule has 11 aromatic rings. The van der Waals surface area contributed by atoms with E-state index < -0.39 is 0 Å². The molecule has 0 saturated carbocycles. The van der Waals surface area contributed by atoms with Crippen molar-refractivity contribution in [1.29, 1.82) is 0 Å². The van der Waals surface area contributed by atoms with E-state index in [2.05, 4.69) is 163 Å². The molecule has 0 unspecified atom stereocenters. The Balaban J connectivity index is 1.02. The second-order valence-corrected chi connectivity index (χ2v) is 14.0. The molecule has 0 atom stereocenters. The van der Waals surface area contributed by atoms with E-state index in [-0.39, 0.29) is 0 Å². The Morgan fingerprint density at radius 1 is 0.364 bits per heavy atom. The lowest BCUT2D eigenvalue weighted by atomic mass is 9.99. The molecule has 0 aliphatic carbocycles.